The van der Waals surface area contributed by atoms with E-state index in [0.29, 0.717) is 5.92 Å². The van der Waals surface area contributed by atoms with Crippen LogP contribution in [0.1, 0.15) is 62.0 Å². The van der Waals surface area contributed by atoms with Crippen molar-refractivity contribution in [2.75, 3.05) is 0 Å². The first kappa shape index (κ1) is 21.4. The summed E-state index contributed by atoms with van der Waals surface area (Å²) in [7, 11) is 2.10. The molecule has 2 heterocycles. The van der Waals surface area contributed by atoms with Gasteiger partial charge in [-0.2, -0.15) is 0 Å². The summed E-state index contributed by atoms with van der Waals surface area (Å²) in [6.45, 7) is 13.3. The molecule has 0 amide bonds. The molecule has 0 unspecified atom stereocenters. The number of nitrogens with zero attached hydrogens (tertiary/aromatic N) is 3. The lowest BCUT2D eigenvalue weighted by Gasteiger charge is -2.18. The van der Waals surface area contributed by atoms with Crippen LogP contribution < -0.4 is 4.57 Å². The van der Waals surface area contributed by atoms with Gasteiger partial charge >= 0.3 is 0 Å². The predicted octanol–water partition coefficient (Wildman–Crippen LogP) is 7.13. The minimum Gasteiger partial charge on any atom is -0.456 e. The summed E-state index contributed by atoms with van der Waals surface area (Å²) < 4.78 is 10.9. The molecule has 0 bridgehead atoms. The Kier molecular flexibility index (Phi) is 5.12. The largest absolute Gasteiger partial charge is 0.456 e. The van der Waals surface area contributed by atoms with Crippen LogP contribution in [0, 0.1) is 13.8 Å². The fourth-order valence-corrected chi connectivity index (χ4v) is 4.94. The van der Waals surface area contributed by atoms with Gasteiger partial charge in [0.15, 0.2) is 5.69 Å². The highest BCUT2D eigenvalue weighted by atomic mass is 16.3. The number of aromatic nitrogens is 3. The lowest BCUT2D eigenvalue weighted by molar-refractivity contribution is -0.667. The molecular weight excluding hydrogens is 406 g/mol. The Morgan fingerprint density at radius 1 is 0.879 bits per heavy atom. The highest BCUT2D eigenvalue weighted by Gasteiger charge is 2.32. The third kappa shape index (κ3) is 3.28. The van der Waals surface area contributed by atoms with Crippen LogP contribution in [0.5, 0.6) is 0 Å². The van der Waals surface area contributed by atoms with Gasteiger partial charge in [0.1, 0.15) is 11.2 Å². The Balaban J connectivity index is 1.97. The maximum atomic E-state index is 6.50. The zero-order chi connectivity index (χ0) is 23.4. The Hall–Kier alpha value is -3.40. The van der Waals surface area contributed by atoms with Gasteiger partial charge in [-0.15, -0.1) is 0 Å². The first-order valence-electron chi connectivity index (χ1n) is 11.8. The molecule has 3 aromatic carbocycles. The molecule has 0 spiro atoms. The van der Waals surface area contributed by atoms with Crippen molar-refractivity contribution < 1.29 is 8.98 Å². The standard InChI is InChI=1S/C29H32N3O/c1-17(2)23-16-24-22-14-10-11-15-25(22)33-28(24)26(18(3)4)27(23)32-29(31(7)20(6)30-32)21-13-9-8-12-19(21)5/h8-18H,1-7H3/q+1. The van der Waals surface area contributed by atoms with Crippen molar-refractivity contribution in [2.45, 2.75) is 53.4 Å². The molecule has 2 aromatic heterocycles. The van der Waals surface area contributed by atoms with E-state index in [4.69, 9.17) is 9.52 Å². The average Bonchev–Trinajstić information content (AvgIpc) is 3.29. The maximum absolute atomic E-state index is 6.50. The van der Waals surface area contributed by atoms with E-state index < -0.39 is 0 Å². The minimum atomic E-state index is 0.265. The van der Waals surface area contributed by atoms with Crippen molar-refractivity contribution in [3.05, 3.63) is 77.1 Å². The second-order valence-corrected chi connectivity index (χ2v) is 9.67. The summed E-state index contributed by atoms with van der Waals surface area (Å²) in [5.41, 5.74) is 7.97. The Labute approximate surface area is 195 Å². The van der Waals surface area contributed by atoms with Crippen LogP contribution in [0.25, 0.3) is 39.0 Å². The van der Waals surface area contributed by atoms with E-state index in [0.717, 1.165) is 28.5 Å². The molecule has 168 valence electrons. The Bertz CT molecular complexity index is 1500. The lowest BCUT2D eigenvalue weighted by Crippen LogP contribution is -2.33. The minimum absolute atomic E-state index is 0.265. The van der Waals surface area contributed by atoms with E-state index in [9.17, 15) is 0 Å². The summed E-state index contributed by atoms with van der Waals surface area (Å²) >= 11 is 0. The summed E-state index contributed by atoms with van der Waals surface area (Å²) in [4.78, 5) is 0. The van der Waals surface area contributed by atoms with Crippen molar-refractivity contribution in [1.82, 2.24) is 9.78 Å². The average molecular weight is 439 g/mol. The molecule has 4 nitrogen and oxygen atoms in total. The van der Waals surface area contributed by atoms with Crippen LogP contribution in [0.3, 0.4) is 0 Å². The first-order chi connectivity index (χ1) is 15.8. The van der Waals surface area contributed by atoms with E-state index in [1.807, 2.05) is 6.07 Å². The van der Waals surface area contributed by atoms with E-state index in [1.165, 1.54) is 33.0 Å². The molecule has 0 radical (unpaired) electrons. The third-order valence-corrected chi connectivity index (χ3v) is 6.75. The lowest BCUT2D eigenvalue weighted by atomic mass is 9.90. The molecule has 4 heteroatoms. The monoisotopic (exact) mass is 438 g/mol. The molecule has 0 fully saturated rings. The summed E-state index contributed by atoms with van der Waals surface area (Å²) in [5.74, 6) is 2.66. The smallest absolute Gasteiger partial charge is 0.275 e. The molecule has 33 heavy (non-hydrogen) atoms. The maximum Gasteiger partial charge on any atom is 0.275 e. The quantitative estimate of drug-likeness (QED) is 0.280. The van der Waals surface area contributed by atoms with Gasteiger partial charge in [-0.05, 0) is 48.1 Å². The van der Waals surface area contributed by atoms with Gasteiger partial charge in [0.25, 0.3) is 11.6 Å². The van der Waals surface area contributed by atoms with Gasteiger partial charge in [0.05, 0.1) is 12.6 Å². The molecule has 0 atom stereocenters. The molecule has 5 rings (SSSR count). The molecular formula is C29H32N3O+. The van der Waals surface area contributed by atoms with E-state index in [-0.39, 0.29) is 5.92 Å². The van der Waals surface area contributed by atoms with Gasteiger partial charge < -0.3 is 4.42 Å². The fraction of sp³-hybridized carbons (Fsp3) is 0.310. The Morgan fingerprint density at radius 2 is 1.58 bits per heavy atom. The van der Waals surface area contributed by atoms with Crippen LogP contribution in [0.15, 0.2) is 59.0 Å². The number of hydrogen-bond acceptors (Lipinski definition) is 2. The summed E-state index contributed by atoms with van der Waals surface area (Å²) in [5, 5.41) is 7.44. The van der Waals surface area contributed by atoms with E-state index >= 15 is 0 Å². The van der Waals surface area contributed by atoms with Crippen molar-refractivity contribution in [2.24, 2.45) is 7.05 Å². The van der Waals surface area contributed by atoms with Crippen LogP contribution in [-0.2, 0) is 7.05 Å². The number of para-hydroxylation sites is 1. The second kappa shape index (κ2) is 7.87. The number of hydrogen-bond donors (Lipinski definition) is 0. The van der Waals surface area contributed by atoms with Gasteiger partial charge in [-0.1, -0.05) is 68.8 Å². The van der Waals surface area contributed by atoms with Crippen molar-refractivity contribution in [1.29, 1.82) is 0 Å². The highest BCUT2D eigenvalue weighted by Crippen LogP contribution is 2.42. The number of aryl methyl sites for hydroxylation is 2. The zero-order valence-electron chi connectivity index (χ0n) is 20.6. The van der Waals surface area contributed by atoms with Crippen LogP contribution >= 0.6 is 0 Å². The van der Waals surface area contributed by atoms with Crippen LogP contribution in [-0.4, -0.2) is 9.78 Å². The van der Waals surface area contributed by atoms with Gasteiger partial charge in [-0.25, -0.2) is 4.57 Å². The van der Waals surface area contributed by atoms with Gasteiger partial charge in [-0.3, -0.25) is 0 Å². The number of rotatable bonds is 4. The van der Waals surface area contributed by atoms with Crippen LogP contribution in [0.2, 0.25) is 0 Å². The number of furan rings is 1. The zero-order valence-corrected chi connectivity index (χ0v) is 20.6. The van der Waals surface area contributed by atoms with Crippen molar-refractivity contribution in [3.8, 4) is 17.1 Å². The normalized spacial score (nSPS) is 12.0. The van der Waals surface area contributed by atoms with E-state index in [2.05, 4.69) is 106 Å². The molecule has 0 aliphatic carbocycles. The molecule has 5 aromatic rings. The second-order valence-electron chi connectivity index (χ2n) is 9.67. The Morgan fingerprint density at radius 3 is 2.27 bits per heavy atom. The SMILES string of the molecule is Cc1ccccc1-c1n(-c2c(C(C)C)cc3c(oc4ccccc43)c2C(C)C)nc(C)[n+]1C. The van der Waals surface area contributed by atoms with Gasteiger partial charge in [0.2, 0.25) is 0 Å². The van der Waals surface area contributed by atoms with Crippen molar-refractivity contribution >= 4 is 21.9 Å². The molecule has 0 N–H and O–H groups in total. The highest BCUT2D eigenvalue weighted by molar-refractivity contribution is 6.07. The van der Waals surface area contributed by atoms with Gasteiger partial charge in [0, 0.05) is 28.4 Å². The third-order valence-electron chi connectivity index (χ3n) is 6.75. The van der Waals surface area contributed by atoms with Crippen molar-refractivity contribution in [3.63, 3.8) is 0 Å². The molecule has 0 saturated heterocycles. The first-order valence-corrected chi connectivity index (χ1v) is 11.8. The van der Waals surface area contributed by atoms with E-state index in [1.54, 1.807) is 0 Å². The summed E-state index contributed by atoms with van der Waals surface area (Å²) in [6, 6.07) is 19.2. The van der Waals surface area contributed by atoms with Crippen LogP contribution in [0.4, 0.5) is 0 Å². The molecule has 0 aliphatic rings. The number of benzene rings is 3. The predicted molar refractivity (Wildman–Crippen MR) is 135 cm³/mol. The number of fused-ring (bicyclic) bond motifs is 3. The summed E-state index contributed by atoms with van der Waals surface area (Å²) in [6.07, 6.45) is 0. The topological polar surface area (TPSA) is 34.8 Å². The molecule has 0 saturated carbocycles. The fourth-order valence-electron chi connectivity index (χ4n) is 4.94. The molecule has 0 aliphatic heterocycles.